The minimum atomic E-state index is 0.256. The van der Waals surface area contributed by atoms with Gasteiger partial charge in [0.15, 0.2) is 5.13 Å². The van der Waals surface area contributed by atoms with Gasteiger partial charge in [0, 0.05) is 16.0 Å². The minimum absolute atomic E-state index is 0.256. The van der Waals surface area contributed by atoms with Gasteiger partial charge in [-0.2, -0.15) is 0 Å². The van der Waals surface area contributed by atoms with Gasteiger partial charge in [0.25, 0.3) is 0 Å². The Morgan fingerprint density at radius 2 is 2.20 bits per heavy atom. The van der Waals surface area contributed by atoms with E-state index in [4.69, 9.17) is 0 Å². The fraction of sp³-hybridized carbons (Fsp3) is 0.182. The second kappa shape index (κ2) is 4.77. The number of anilines is 1. The summed E-state index contributed by atoms with van der Waals surface area (Å²) in [4.78, 5) is 4.20. The van der Waals surface area contributed by atoms with Gasteiger partial charge >= 0.3 is 0 Å². The third kappa shape index (κ3) is 2.58. The molecule has 0 aliphatic heterocycles. The number of nitrogens with zero attached hydrogens (tertiary/aromatic N) is 1. The van der Waals surface area contributed by atoms with Crippen LogP contribution in [0.2, 0.25) is 0 Å². The maximum Gasteiger partial charge on any atom is 0.183 e. The van der Waals surface area contributed by atoms with Crippen LogP contribution < -0.4 is 5.32 Å². The summed E-state index contributed by atoms with van der Waals surface area (Å²) >= 11 is 5.16. The average Bonchev–Trinajstić information content (AvgIpc) is 2.71. The summed E-state index contributed by atoms with van der Waals surface area (Å²) in [7, 11) is 0. The molecule has 0 aliphatic carbocycles. The number of thiazole rings is 1. The number of nitrogens with one attached hydrogen (secondary N) is 1. The van der Waals surface area contributed by atoms with Crippen molar-refractivity contribution in [2.45, 2.75) is 13.0 Å². The standard InChI is InChI=1S/C11H11BrN2S/c1-8(14-11-13-6-7-15-11)9-4-2-3-5-10(9)12/h2-8H,1H3,(H,13,14). The van der Waals surface area contributed by atoms with Crippen LogP contribution in [-0.2, 0) is 0 Å². The summed E-state index contributed by atoms with van der Waals surface area (Å²) in [5.41, 5.74) is 1.24. The normalized spacial score (nSPS) is 12.4. The number of aromatic nitrogens is 1. The molecule has 1 atom stereocenters. The highest BCUT2D eigenvalue weighted by Crippen LogP contribution is 2.26. The molecule has 15 heavy (non-hydrogen) atoms. The van der Waals surface area contributed by atoms with E-state index in [2.05, 4.69) is 45.3 Å². The van der Waals surface area contributed by atoms with Gasteiger partial charge < -0.3 is 5.32 Å². The Morgan fingerprint density at radius 1 is 1.40 bits per heavy atom. The molecule has 0 amide bonds. The molecule has 2 nitrogen and oxygen atoms in total. The van der Waals surface area contributed by atoms with Crippen molar-refractivity contribution in [3.8, 4) is 0 Å². The van der Waals surface area contributed by atoms with E-state index in [1.165, 1.54) is 5.56 Å². The summed E-state index contributed by atoms with van der Waals surface area (Å²) in [6, 6.07) is 8.47. The SMILES string of the molecule is CC(Nc1nccs1)c1ccccc1Br. The van der Waals surface area contributed by atoms with Crippen molar-refractivity contribution in [3.63, 3.8) is 0 Å². The fourth-order valence-corrected chi connectivity index (χ4v) is 2.63. The summed E-state index contributed by atoms with van der Waals surface area (Å²) in [5.74, 6) is 0. The van der Waals surface area contributed by atoms with Crippen molar-refractivity contribution in [2.24, 2.45) is 0 Å². The van der Waals surface area contributed by atoms with Gasteiger partial charge in [-0.05, 0) is 18.6 Å². The topological polar surface area (TPSA) is 24.9 Å². The van der Waals surface area contributed by atoms with Crippen LogP contribution in [-0.4, -0.2) is 4.98 Å². The van der Waals surface area contributed by atoms with E-state index in [0.29, 0.717) is 0 Å². The van der Waals surface area contributed by atoms with Gasteiger partial charge in [-0.1, -0.05) is 34.1 Å². The van der Waals surface area contributed by atoms with E-state index in [9.17, 15) is 0 Å². The zero-order chi connectivity index (χ0) is 10.7. The van der Waals surface area contributed by atoms with Crippen LogP contribution in [0.3, 0.4) is 0 Å². The molecule has 1 N–H and O–H groups in total. The largest absolute Gasteiger partial charge is 0.355 e. The molecule has 2 rings (SSSR count). The van der Waals surface area contributed by atoms with Crippen LogP contribution in [0.4, 0.5) is 5.13 Å². The number of hydrogen-bond donors (Lipinski definition) is 1. The first-order valence-corrected chi connectivity index (χ1v) is 6.35. The molecule has 2 aromatic rings. The van der Waals surface area contributed by atoms with Gasteiger partial charge in [0.1, 0.15) is 0 Å². The van der Waals surface area contributed by atoms with E-state index in [0.717, 1.165) is 9.60 Å². The van der Waals surface area contributed by atoms with Crippen LogP contribution in [0.1, 0.15) is 18.5 Å². The molecule has 1 unspecified atom stereocenters. The Hall–Kier alpha value is -0.870. The molecule has 0 saturated heterocycles. The molecule has 4 heteroatoms. The number of benzene rings is 1. The Morgan fingerprint density at radius 3 is 2.87 bits per heavy atom. The Balaban J connectivity index is 2.15. The predicted molar refractivity (Wildman–Crippen MR) is 68.3 cm³/mol. The molecule has 1 heterocycles. The Labute approximate surface area is 101 Å². The van der Waals surface area contributed by atoms with Crippen molar-refractivity contribution < 1.29 is 0 Å². The molecule has 0 aliphatic rings. The van der Waals surface area contributed by atoms with Gasteiger partial charge in [0.05, 0.1) is 6.04 Å². The quantitative estimate of drug-likeness (QED) is 0.918. The molecule has 78 valence electrons. The Bertz CT molecular complexity index is 428. The second-order valence-electron chi connectivity index (χ2n) is 3.22. The lowest BCUT2D eigenvalue weighted by atomic mass is 10.1. The second-order valence-corrected chi connectivity index (χ2v) is 4.97. The maximum absolute atomic E-state index is 4.20. The molecular weight excluding hydrogens is 272 g/mol. The van der Waals surface area contributed by atoms with Gasteiger partial charge in [-0.15, -0.1) is 11.3 Å². The van der Waals surface area contributed by atoms with Crippen molar-refractivity contribution >= 4 is 32.4 Å². The lowest BCUT2D eigenvalue weighted by molar-refractivity contribution is 0.876. The monoisotopic (exact) mass is 282 g/mol. The van der Waals surface area contributed by atoms with Crippen LogP contribution in [0.5, 0.6) is 0 Å². The maximum atomic E-state index is 4.20. The lowest BCUT2D eigenvalue weighted by Crippen LogP contribution is -2.06. The van der Waals surface area contributed by atoms with Gasteiger partial charge in [0.2, 0.25) is 0 Å². The van der Waals surface area contributed by atoms with E-state index < -0.39 is 0 Å². The fourth-order valence-electron chi connectivity index (χ4n) is 1.38. The molecule has 0 bridgehead atoms. The Kier molecular flexibility index (Phi) is 3.38. The average molecular weight is 283 g/mol. The summed E-state index contributed by atoms with van der Waals surface area (Å²) in [5, 5.41) is 6.28. The third-order valence-corrected chi connectivity index (χ3v) is 3.57. The van der Waals surface area contributed by atoms with Crippen LogP contribution in [0.25, 0.3) is 0 Å². The molecular formula is C11H11BrN2S. The van der Waals surface area contributed by atoms with E-state index in [-0.39, 0.29) is 6.04 Å². The first kappa shape index (κ1) is 10.6. The van der Waals surface area contributed by atoms with Crippen molar-refractivity contribution in [2.75, 3.05) is 5.32 Å². The molecule has 0 spiro atoms. The molecule has 1 aromatic carbocycles. The lowest BCUT2D eigenvalue weighted by Gasteiger charge is -2.14. The van der Waals surface area contributed by atoms with Gasteiger partial charge in [-0.3, -0.25) is 0 Å². The number of hydrogen-bond acceptors (Lipinski definition) is 3. The summed E-state index contributed by atoms with van der Waals surface area (Å²) < 4.78 is 1.13. The number of rotatable bonds is 3. The van der Waals surface area contributed by atoms with Crippen LogP contribution >= 0.6 is 27.3 Å². The van der Waals surface area contributed by atoms with E-state index >= 15 is 0 Å². The molecule has 0 fully saturated rings. The predicted octanol–water partition coefficient (Wildman–Crippen LogP) is 4.08. The smallest absolute Gasteiger partial charge is 0.183 e. The first-order valence-electron chi connectivity index (χ1n) is 4.68. The molecule has 0 radical (unpaired) electrons. The van der Waals surface area contributed by atoms with Crippen molar-refractivity contribution in [1.29, 1.82) is 0 Å². The van der Waals surface area contributed by atoms with E-state index in [1.54, 1.807) is 17.5 Å². The zero-order valence-electron chi connectivity index (χ0n) is 8.27. The van der Waals surface area contributed by atoms with Crippen LogP contribution in [0, 0.1) is 0 Å². The highest BCUT2D eigenvalue weighted by Gasteiger charge is 2.08. The van der Waals surface area contributed by atoms with Gasteiger partial charge in [-0.25, -0.2) is 4.98 Å². The van der Waals surface area contributed by atoms with E-state index in [1.807, 2.05) is 17.5 Å². The van der Waals surface area contributed by atoms with Crippen molar-refractivity contribution in [3.05, 3.63) is 45.9 Å². The molecule has 0 saturated carbocycles. The van der Waals surface area contributed by atoms with Crippen LogP contribution in [0.15, 0.2) is 40.3 Å². The minimum Gasteiger partial charge on any atom is -0.355 e. The highest BCUT2D eigenvalue weighted by molar-refractivity contribution is 9.10. The third-order valence-electron chi connectivity index (χ3n) is 2.14. The number of halogens is 1. The summed E-state index contributed by atoms with van der Waals surface area (Å²) in [6.45, 7) is 2.13. The zero-order valence-corrected chi connectivity index (χ0v) is 10.7. The first-order chi connectivity index (χ1) is 7.27. The molecule has 1 aromatic heterocycles. The van der Waals surface area contributed by atoms with Crippen molar-refractivity contribution in [1.82, 2.24) is 4.98 Å². The summed E-state index contributed by atoms with van der Waals surface area (Å²) in [6.07, 6.45) is 1.81. The highest BCUT2D eigenvalue weighted by atomic mass is 79.9.